The lowest BCUT2D eigenvalue weighted by molar-refractivity contribution is -0.669. The van der Waals surface area contributed by atoms with Crippen molar-refractivity contribution in [3.63, 3.8) is 0 Å². The minimum Gasteiger partial charge on any atom is -0.437 e. The quantitative estimate of drug-likeness (QED) is 0.284. The molecule has 0 N–H and O–H groups in total. The first-order valence-electron chi connectivity index (χ1n) is 12.3. The van der Waals surface area contributed by atoms with Crippen LogP contribution in [0.5, 0.6) is 0 Å². The molecule has 4 heterocycles. The van der Waals surface area contributed by atoms with E-state index >= 15 is 0 Å². The normalized spacial score (nSPS) is 17.3. The maximum absolute atomic E-state index is 6.43. The third-order valence-electron chi connectivity index (χ3n) is 8.06. The summed E-state index contributed by atoms with van der Waals surface area (Å²) >= 11 is 0. The smallest absolute Gasteiger partial charge is 0.227 e. The average Bonchev–Trinajstić information content (AvgIpc) is 3.26. The Morgan fingerprint density at radius 3 is 2.28 bits per heavy atom. The zero-order chi connectivity index (χ0) is 24.1. The number of furan rings is 1. The second kappa shape index (κ2) is 6.85. The SMILES string of the molecule is Cc1ccc2c(n1)oc1c(-c3ccc4c([n+]3C)C3c5ccccc5C4c4nccnc43)c(C)ccc12. The average molecular weight is 468 g/mol. The zero-order valence-corrected chi connectivity index (χ0v) is 20.3. The number of benzene rings is 2. The summed E-state index contributed by atoms with van der Waals surface area (Å²) in [5.41, 5.74) is 13.4. The molecule has 9 rings (SSSR count). The van der Waals surface area contributed by atoms with Crippen LogP contribution in [0.2, 0.25) is 0 Å². The van der Waals surface area contributed by atoms with Gasteiger partial charge in [-0.2, -0.15) is 4.57 Å². The van der Waals surface area contributed by atoms with Crippen molar-refractivity contribution in [3.8, 4) is 11.3 Å². The van der Waals surface area contributed by atoms with Crippen LogP contribution >= 0.6 is 0 Å². The van der Waals surface area contributed by atoms with Crippen LogP contribution in [0.15, 0.2) is 77.5 Å². The second-order valence-corrected chi connectivity index (χ2v) is 9.98. The molecule has 0 fully saturated rings. The minimum atomic E-state index is 0.0503. The first-order chi connectivity index (χ1) is 17.6. The molecule has 0 saturated carbocycles. The van der Waals surface area contributed by atoms with Crippen LogP contribution in [0.25, 0.3) is 33.3 Å². The molecule has 6 aromatic rings. The van der Waals surface area contributed by atoms with E-state index in [1.165, 1.54) is 27.9 Å². The molecule has 4 aromatic heterocycles. The molecule has 0 amide bonds. The second-order valence-electron chi connectivity index (χ2n) is 9.98. The molecule has 36 heavy (non-hydrogen) atoms. The number of aromatic nitrogens is 4. The Hall–Kier alpha value is -4.38. The Morgan fingerprint density at radius 1 is 0.750 bits per heavy atom. The molecule has 5 heteroatoms. The van der Waals surface area contributed by atoms with Gasteiger partial charge < -0.3 is 4.42 Å². The van der Waals surface area contributed by atoms with Crippen molar-refractivity contribution in [3.05, 3.63) is 118 Å². The molecule has 0 aliphatic heterocycles. The van der Waals surface area contributed by atoms with E-state index in [0.717, 1.165) is 44.7 Å². The lowest BCUT2D eigenvalue weighted by atomic mass is 9.65. The van der Waals surface area contributed by atoms with E-state index in [1.54, 1.807) is 0 Å². The van der Waals surface area contributed by atoms with Crippen molar-refractivity contribution in [2.45, 2.75) is 25.7 Å². The molecule has 2 aromatic carbocycles. The molecule has 5 nitrogen and oxygen atoms in total. The van der Waals surface area contributed by atoms with Crippen molar-refractivity contribution in [2.75, 3.05) is 0 Å². The van der Waals surface area contributed by atoms with Gasteiger partial charge in [-0.15, -0.1) is 0 Å². The summed E-state index contributed by atoms with van der Waals surface area (Å²) < 4.78 is 8.78. The number of pyridine rings is 2. The van der Waals surface area contributed by atoms with Gasteiger partial charge in [0.2, 0.25) is 11.4 Å². The van der Waals surface area contributed by atoms with Crippen LogP contribution in [0.4, 0.5) is 0 Å². The van der Waals surface area contributed by atoms with Crippen LogP contribution in [-0.2, 0) is 7.05 Å². The van der Waals surface area contributed by atoms with Crippen molar-refractivity contribution in [2.24, 2.45) is 7.05 Å². The van der Waals surface area contributed by atoms with Gasteiger partial charge in [0.1, 0.15) is 13.0 Å². The molecular formula is C31H23N4O+. The van der Waals surface area contributed by atoms with Gasteiger partial charge in [-0.1, -0.05) is 36.4 Å². The number of rotatable bonds is 1. The third-order valence-corrected chi connectivity index (χ3v) is 8.06. The van der Waals surface area contributed by atoms with Crippen LogP contribution in [0.3, 0.4) is 0 Å². The molecular weight excluding hydrogens is 444 g/mol. The summed E-state index contributed by atoms with van der Waals surface area (Å²) in [7, 11) is 2.18. The van der Waals surface area contributed by atoms with E-state index < -0.39 is 0 Å². The van der Waals surface area contributed by atoms with Crippen LogP contribution in [0.1, 0.15) is 56.9 Å². The number of aryl methyl sites for hydroxylation is 2. The topological polar surface area (TPSA) is 55.7 Å². The van der Waals surface area contributed by atoms with Gasteiger partial charge >= 0.3 is 0 Å². The van der Waals surface area contributed by atoms with E-state index in [2.05, 4.69) is 78.1 Å². The number of nitrogens with zero attached hydrogens (tertiary/aromatic N) is 4. The fourth-order valence-corrected chi connectivity index (χ4v) is 6.50. The maximum atomic E-state index is 6.43. The van der Waals surface area contributed by atoms with E-state index in [1.807, 2.05) is 25.4 Å². The number of fused-ring (bicyclic) bond motifs is 3. The van der Waals surface area contributed by atoms with Gasteiger partial charge in [0.15, 0.2) is 11.3 Å². The predicted octanol–water partition coefficient (Wildman–Crippen LogP) is 5.87. The maximum Gasteiger partial charge on any atom is 0.227 e. The van der Waals surface area contributed by atoms with E-state index in [9.17, 15) is 0 Å². The summed E-state index contributed by atoms with van der Waals surface area (Å²) in [6.45, 7) is 4.15. The highest BCUT2D eigenvalue weighted by Crippen LogP contribution is 2.53. The first kappa shape index (κ1) is 19.9. The summed E-state index contributed by atoms with van der Waals surface area (Å²) in [4.78, 5) is 14.3. The van der Waals surface area contributed by atoms with E-state index in [4.69, 9.17) is 14.4 Å². The molecule has 2 atom stereocenters. The highest BCUT2D eigenvalue weighted by atomic mass is 16.3. The summed E-state index contributed by atoms with van der Waals surface area (Å²) in [5, 5.41) is 2.15. The number of hydrogen-bond donors (Lipinski definition) is 0. The fraction of sp³-hybridized carbons (Fsp3) is 0.161. The highest BCUT2D eigenvalue weighted by molar-refractivity contribution is 6.08. The Bertz CT molecular complexity index is 1850. The van der Waals surface area contributed by atoms with Gasteiger partial charge in [0.05, 0.1) is 22.9 Å². The van der Waals surface area contributed by atoms with Gasteiger partial charge in [0, 0.05) is 40.5 Å². The summed E-state index contributed by atoms with van der Waals surface area (Å²) in [6, 6.07) is 21.8. The Labute approximate surface area is 208 Å². The van der Waals surface area contributed by atoms with Gasteiger partial charge in [0.25, 0.3) is 0 Å². The lowest BCUT2D eigenvalue weighted by Crippen LogP contribution is -2.44. The fourth-order valence-electron chi connectivity index (χ4n) is 6.50. The lowest BCUT2D eigenvalue weighted by Gasteiger charge is -2.37. The van der Waals surface area contributed by atoms with Crippen LogP contribution in [0, 0.1) is 13.8 Å². The van der Waals surface area contributed by atoms with Crippen molar-refractivity contribution >= 4 is 22.1 Å². The van der Waals surface area contributed by atoms with Crippen molar-refractivity contribution < 1.29 is 8.98 Å². The molecule has 0 radical (unpaired) electrons. The predicted molar refractivity (Wildman–Crippen MR) is 138 cm³/mol. The molecule has 3 aliphatic rings. The third kappa shape index (κ3) is 2.40. The van der Waals surface area contributed by atoms with Gasteiger partial charge in [-0.05, 0) is 48.7 Å². The van der Waals surface area contributed by atoms with Gasteiger partial charge in [-0.3, -0.25) is 9.97 Å². The standard InChI is InChI=1S/C31H23N4O/c1-16-8-10-20-21-11-9-17(2)34-31(21)36-30(20)24(16)23-13-12-22-25-18-6-4-5-7-19(18)26(29(22)35(23)3)28-27(25)32-14-15-33-28/h4-15,25-26H,1-3H3/q+1. The Balaban J connectivity index is 1.43. The van der Waals surface area contributed by atoms with Crippen molar-refractivity contribution in [1.82, 2.24) is 15.0 Å². The highest BCUT2D eigenvalue weighted by Gasteiger charge is 2.48. The minimum absolute atomic E-state index is 0.0503. The molecule has 2 unspecified atom stereocenters. The van der Waals surface area contributed by atoms with Crippen LogP contribution in [-0.4, -0.2) is 15.0 Å². The first-order valence-corrected chi connectivity index (χ1v) is 12.3. The monoisotopic (exact) mass is 467 g/mol. The van der Waals surface area contributed by atoms with Crippen LogP contribution < -0.4 is 4.57 Å². The largest absolute Gasteiger partial charge is 0.437 e. The molecule has 0 saturated heterocycles. The molecule has 2 bridgehead atoms. The zero-order valence-electron chi connectivity index (χ0n) is 20.3. The van der Waals surface area contributed by atoms with Crippen molar-refractivity contribution in [1.29, 1.82) is 0 Å². The molecule has 0 spiro atoms. The Morgan fingerprint density at radius 2 is 1.47 bits per heavy atom. The van der Waals surface area contributed by atoms with E-state index in [0.29, 0.717) is 5.71 Å². The molecule has 172 valence electrons. The number of hydrogen-bond acceptors (Lipinski definition) is 4. The van der Waals surface area contributed by atoms with Gasteiger partial charge in [-0.25, -0.2) is 4.98 Å². The van der Waals surface area contributed by atoms with E-state index in [-0.39, 0.29) is 11.8 Å². The molecule has 3 aliphatic carbocycles. The summed E-state index contributed by atoms with van der Waals surface area (Å²) in [5.74, 6) is 0.148. The Kier molecular flexibility index (Phi) is 3.78. The summed E-state index contributed by atoms with van der Waals surface area (Å²) in [6.07, 6.45) is 3.64.